The van der Waals surface area contributed by atoms with Crippen LogP contribution in [0.5, 0.6) is 0 Å². The van der Waals surface area contributed by atoms with Gasteiger partial charge in [0.15, 0.2) is 0 Å². The molecular weight excluding hydrogens is 182 g/mol. The summed E-state index contributed by atoms with van der Waals surface area (Å²) in [6.07, 6.45) is 1.46. The van der Waals surface area contributed by atoms with Gasteiger partial charge in [-0.2, -0.15) is 0 Å². The van der Waals surface area contributed by atoms with Gasteiger partial charge in [-0.1, -0.05) is 27.7 Å². The van der Waals surface area contributed by atoms with E-state index in [0.717, 1.165) is 12.0 Å². The molecule has 1 heteroatoms. The van der Waals surface area contributed by atoms with E-state index in [0.29, 0.717) is 16.4 Å². The molecule has 1 saturated carbocycles. The van der Waals surface area contributed by atoms with Gasteiger partial charge in [-0.3, -0.25) is 4.90 Å². The van der Waals surface area contributed by atoms with E-state index >= 15 is 0 Å². The highest BCUT2D eigenvalue weighted by atomic mass is 15.3. The van der Waals surface area contributed by atoms with Gasteiger partial charge in [0.2, 0.25) is 0 Å². The van der Waals surface area contributed by atoms with Crippen molar-refractivity contribution in [2.75, 3.05) is 6.54 Å². The third kappa shape index (κ3) is 1.73. The molecule has 2 fully saturated rings. The molecule has 1 saturated heterocycles. The summed E-state index contributed by atoms with van der Waals surface area (Å²) in [4.78, 5) is 2.75. The summed E-state index contributed by atoms with van der Waals surface area (Å²) in [7, 11) is 0. The molecule has 88 valence electrons. The Hall–Kier alpha value is -0.0400. The van der Waals surface area contributed by atoms with Crippen LogP contribution in [-0.2, 0) is 0 Å². The van der Waals surface area contributed by atoms with Crippen molar-refractivity contribution in [1.29, 1.82) is 0 Å². The summed E-state index contributed by atoms with van der Waals surface area (Å²) < 4.78 is 0. The maximum Gasteiger partial charge on any atom is 0.0183 e. The van der Waals surface area contributed by atoms with Crippen LogP contribution < -0.4 is 0 Å². The molecule has 0 bridgehead atoms. The Balaban J connectivity index is 2.26. The van der Waals surface area contributed by atoms with Crippen LogP contribution >= 0.6 is 0 Å². The normalized spacial score (nSPS) is 41.8. The SMILES string of the molecule is CC(C)(C)[C@@H]1[C@@H]2C[C@]2(C)CN1C(C)(C)C. The van der Waals surface area contributed by atoms with Gasteiger partial charge in [0.25, 0.3) is 0 Å². The summed E-state index contributed by atoms with van der Waals surface area (Å²) in [6.45, 7) is 18.1. The summed E-state index contributed by atoms with van der Waals surface area (Å²) >= 11 is 0. The molecule has 3 atom stereocenters. The Morgan fingerprint density at radius 1 is 1.07 bits per heavy atom. The van der Waals surface area contributed by atoms with E-state index in [2.05, 4.69) is 53.4 Å². The largest absolute Gasteiger partial charge is 0.294 e. The molecule has 1 aliphatic heterocycles. The highest BCUT2D eigenvalue weighted by Crippen LogP contribution is 2.64. The van der Waals surface area contributed by atoms with Crippen molar-refractivity contribution in [1.82, 2.24) is 4.90 Å². The topological polar surface area (TPSA) is 3.24 Å². The van der Waals surface area contributed by atoms with Crippen LogP contribution in [0.25, 0.3) is 0 Å². The average Bonchev–Trinajstić information content (AvgIpc) is 2.48. The molecule has 0 amide bonds. The first-order valence-electron chi connectivity index (χ1n) is 6.32. The zero-order chi connectivity index (χ0) is 11.6. The lowest BCUT2D eigenvalue weighted by molar-refractivity contribution is 0.0354. The first-order valence-corrected chi connectivity index (χ1v) is 6.32. The second-order valence-corrected chi connectivity index (χ2v) is 8.07. The standard InChI is InChI=1S/C14H27N/c1-12(2,3)11-10-8-14(10,7)9-15(11)13(4,5)6/h10-11H,8-9H2,1-7H3/t10-,11-,14+/m0/s1. The summed E-state index contributed by atoms with van der Waals surface area (Å²) in [6, 6.07) is 0.780. The maximum atomic E-state index is 2.75. The fourth-order valence-electron chi connectivity index (χ4n) is 3.55. The second-order valence-electron chi connectivity index (χ2n) is 8.07. The van der Waals surface area contributed by atoms with E-state index in [9.17, 15) is 0 Å². The molecule has 15 heavy (non-hydrogen) atoms. The Morgan fingerprint density at radius 2 is 1.60 bits per heavy atom. The molecular formula is C14H27N. The molecule has 0 aromatic carbocycles. The highest BCUT2D eigenvalue weighted by molar-refractivity contribution is 5.17. The van der Waals surface area contributed by atoms with Crippen molar-refractivity contribution in [2.45, 2.75) is 66.5 Å². The van der Waals surface area contributed by atoms with Gasteiger partial charge in [-0.05, 0) is 43.9 Å². The van der Waals surface area contributed by atoms with Crippen molar-refractivity contribution in [3.63, 3.8) is 0 Å². The maximum absolute atomic E-state index is 2.75. The summed E-state index contributed by atoms with van der Waals surface area (Å²) in [5.74, 6) is 0.955. The monoisotopic (exact) mass is 209 g/mol. The van der Waals surface area contributed by atoms with Gasteiger partial charge in [0.05, 0.1) is 0 Å². The molecule has 0 aromatic rings. The second kappa shape index (κ2) is 2.80. The first kappa shape index (κ1) is 11.4. The Labute approximate surface area is 95.2 Å². The third-order valence-electron chi connectivity index (χ3n) is 4.42. The quantitative estimate of drug-likeness (QED) is 0.590. The fourth-order valence-corrected chi connectivity index (χ4v) is 3.55. The molecule has 1 heterocycles. The van der Waals surface area contributed by atoms with Crippen LogP contribution in [0.3, 0.4) is 0 Å². The van der Waals surface area contributed by atoms with Gasteiger partial charge in [-0.15, -0.1) is 0 Å². The molecule has 0 aromatic heterocycles. The van der Waals surface area contributed by atoms with Crippen LogP contribution in [0.1, 0.15) is 54.9 Å². The predicted molar refractivity (Wildman–Crippen MR) is 65.9 cm³/mol. The predicted octanol–water partition coefficient (Wildman–Crippen LogP) is 3.54. The lowest BCUT2D eigenvalue weighted by atomic mass is 9.81. The van der Waals surface area contributed by atoms with Gasteiger partial charge < -0.3 is 0 Å². The van der Waals surface area contributed by atoms with Crippen molar-refractivity contribution in [2.24, 2.45) is 16.7 Å². The number of fused-ring (bicyclic) bond motifs is 1. The van der Waals surface area contributed by atoms with Gasteiger partial charge in [-0.25, -0.2) is 0 Å². The smallest absolute Gasteiger partial charge is 0.0183 e. The van der Waals surface area contributed by atoms with Crippen LogP contribution in [0, 0.1) is 16.7 Å². The summed E-state index contributed by atoms with van der Waals surface area (Å²) in [5.41, 5.74) is 1.39. The molecule has 2 rings (SSSR count). The number of nitrogens with zero attached hydrogens (tertiary/aromatic N) is 1. The van der Waals surface area contributed by atoms with Crippen molar-refractivity contribution in [3.05, 3.63) is 0 Å². The number of hydrogen-bond donors (Lipinski definition) is 0. The molecule has 0 N–H and O–H groups in total. The van der Waals surface area contributed by atoms with Crippen molar-refractivity contribution < 1.29 is 0 Å². The van der Waals surface area contributed by atoms with Crippen molar-refractivity contribution in [3.8, 4) is 0 Å². The van der Waals surface area contributed by atoms with E-state index in [1.165, 1.54) is 13.0 Å². The van der Waals surface area contributed by atoms with Crippen LogP contribution in [-0.4, -0.2) is 23.0 Å². The number of piperidine rings is 1. The molecule has 2 aliphatic rings. The van der Waals surface area contributed by atoms with Gasteiger partial charge in [0.1, 0.15) is 0 Å². The number of rotatable bonds is 0. The van der Waals surface area contributed by atoms with Crippen LogP contribution in [0.4, 0.5) is 0 Å². The lowest BCUT2D eigenvalue weighted by Gasteiger charge is -2.45. The van der Waals surface area contributed by atoms with E-state index in [1.807, 2.05) is 0 Å². The van der Waals surface area contributed by atoms with E-state index in [-0.39, 0.29) is 0 Å². The number of likely N-dealkylation sites (tertiary alicyclic amines) is 1. The third-order valence-corrected chi connectivity index (χ3v) is 4.42. The molecule has 0 radical (unpaired) electrons. The fraction of sp³-hybridized carbons (Fsp3) is 1.00. The van der Waals surface area contributed by atoms with Crippen LogP contribution in [0.2, 0.25) is 0 Å². The minimum Gasteiger partial charge on any atom is -0.294 e. The van der Waals surface area contributed by atoms with Gasteiger partial charge in [0, 0.05) is 18.1 Å². The van der Waals surface area contributed by atoms with E-state index < -0.39 is 0 Å². The van der Waals surface area contributed by atoms with Gasteiger partial charge >= 0.3 is 0 Å². The molecule has 1 nitrogen and oxygen atoms in total. The minimum absolute atomic E-state index is 0.328. The Kier molecular flexibility index (Phi) is 2.13. The molecule has 0 unspecified atom stereocenters. The minimum atomic E-state index is 0.328. The van der Waals surface area contributed by atoms with E-state index in [4.69, 9.17) is 0 Å². The first-order chi connectivity index (χ1) is 6.56. The average molecular weight is 209 g/mol. The zero-order valence-electron chi connectivity index (χ0n) is 11.5. The lowest BCUT2D eigenvalue weighted by Crippen LogP contribution is -2.51. The van der Waals surface area contributed by atoms with E-state index in [1.54, 1.807) is 0 Å². The zero-order valence-corrected chi connectivity index (χ0v) is 11.5. The molecule has 0 spiro atoms. The highest BCUT2D eigenvalue weighted by Gasteiger charge is 2.65. The Morgan fingerprint density at radius 3 is 1.93 bits per heavy atom. The number of hydrogen-bond acceptors (Lipinski definition) is 1. The van der Waals surface area contributed by atoms with Crippen LogP contribution in [0.15, 0.2) is 0 Å². The molecule has 1 aliphatic carbocycles. The Bertz CT molecular complexity index is 268. The van der Waals surface area contributed by atoms with Crippen molar-refractivity contribution >= 4 is 0 Å². The summed E-state index contributed by atoms with van der Waals surface area (Å²) in [5, 5.41) is 0.